The third-order valence-corrected chi connectivity index (χ3v) is 4.33. The molecule has 0 aromatic heterocycles. The number of esters is 1. The second-order valence-corrected chi connectivity index (χ2v) is 5.64. The van der Waals surface area contributed by atoms with E-state index >= 15 is 0 Å². The zero-order valence-corrected chi connectivity index (χ0v) is 11.9. The summed E-state index contributed by atoms with van der Waals surface area (Å²) in [4.78, 5) is 26.4. The molecule has 2 aliphatic rings. The van der Waals surface area contributed by atoms with Gasteiger partial charge in [0.15, 0.2) is 0 Å². The van der Waals surface area contributed by atoms with Gasteiger partial charge in [-0.3, -0.25) is 9.59 Å². The Morgan fingerprint density at radius 2 is 2.10 bits per heavy atom. The summed E-state index contributed by atoms with van der Waals surface area (Å²) in [5.41, 5.74) is 0.661. The summed E-state index contributed by atoms with van der Waals surface area (Å²) < 4.78 is 5.54. The Balaban J connectivity index is 2.09. The molecule has 1 aromatic carbocycles. The lowest BCUT2D eigenvalue weighted by atomic mass is 9.83. The molecule has 1 amide bonds. The first-order valence-electron chi connectivity index (χ1n) is 7.24. The van der Waals surface area contributed by atoms with Crippen LogP contribution >= 0.6 is 0 Å². The van der Waals surface area contributed by atoms with Gasteiger partial charge < -0.3 is 9.64 Å². The van der Waals surface area contributed by atoms with Gasteiger partial charge in [0.25, 0.3) is 5.91 Å². The number of benzene rings is 1. The van der Waals surface area contributed by atoms with Gasteiger partial charge in [-0.05, 0) is 12.5 Å². The van der Waals surface area contributed by atoms with Gasteiger partial charge >= 0.3 is 5.97 Å². The number of amides is 1. The van der Waals surface area contributed by atoms with Crippen molar-refractivity contribution < 1.29 is 14.3 Å². The zero-order chi connectivity index (χ0) is 14.3. The highest BCUT2D eigenvalue weighted by atomic mass is 16.6. The van der Waals surface area contributed by atoms with Crippen molar-refractivity contribution in [3.05, 3.63) is 29.8 Å². The number of nitrogens with zero attached hydrogens (tertiary/aromatic N) is 1. The second-order valence-electron chi connectivity index (χ2n) is 5.64. The van der Waals surface area contributed by atoms with E-state index in [1.54, 1.807) is 4.90 Å². The standard InChI is InChI=1S/C16H19NO3/c1-3-4-9-17-13-8-6-5-7-12(13)16(15(17)19)11(2)10-14(18)20-16/h5-8,11H,3-4,9-10H2,1-2H3/t11-,16-/m1/s1. The first-order chi connectivity index (χ1) is 9.61. The summed E-state index contributed by atoms with van der Waals surface area (Å²) in [5.74, 6) is -0.473. The molecule has 2 heterocycles. The zero-order valence-electron chi connectivity index (χ0n) is 11.9. The molecule has 0 bridgehead atoms. The Morgan fingerprint density at radius 1 is 1.35 bits per heavy atom. The number of ether oxygens (including phenoxy) is 1. The molecule has 3 rings (SSSR count). The van der Waals surface area contributed by atoms with E-state index in [0.29, 0.717) is 13.0 Å². The van der Waals surface area contributed by atoms with Crippen molar-refractivity contribution in [1.29, 1.82) is 0 Å². The van der Waals surface area contributed by atoms with Crippen LogP contribution in [0, 0.1) is 5.92 Å². The Kier molecular flexibility index (Phi) is 3.04. The number of carbonyl (C=O) groups excluding carboxylic acids is 2. The maximum Gasteiger partial charge on any atom is 0.307 e. The van der Waals surface area contributed by atoms with Crippen molar-refractivity contribution in [2.24, 2.45) is 5.92 Å². The summed E-state index contributed by atoms with van der Waals surface area (Å²) >= 11 is 0. The largest absolute Gasteiger partial charge is 0.444 e. The van der Waals surface area contributed by atoms with E-state index < -0.39 is 5.60 Å². The number of unbranched alkanes of at least 4 members (excludes halogenated alkanes) is 1. The molecule has 1 aromatic rings. The van der Waals surface area contributed by atoms with Crippen molar-refractivity contribution in [3.63, 3.8) is 0 Å². The number of hydrogen-bond donors (Lipinski definition) is 0. The maximum absolute atomic E-state index is 12.9. The van der Waals surface area contributed by atoms with E-state index in [4.69, 9.17) is 4.74 Å². The Morgan fingerprint density at radius 3 is 2.75 bits per heavy atom. The molecule has 106 valence electrons. The fraction of sp³-hybridized carbons (Fsp3) is 0.500. The van der Waals surface area contributed by atoms with Crippen LogP contribution in [0.1, 0.15) is 38.7 Å². The van der Waals surface area contributed by atoms with Crippen LogP contribution in [-0.4, -0.2) is 18.4 Å². The van der Waals surface area contributed by atoms with Gasteiger partial charge in [0, 0.05) is 18.0 Å². The third kappa shape index (κ3) is 1.60. The number of rotatable bonds is 3. The highest BCUT2D eigenvalue weighted by Gasteiger charge is 2.60. The number of carbonyl (C=O) groups is 2. The minimum absolute atomic E-state index is 0.0782. The molecule has 0 N–H and O–H groups in total. The lowest BCUT2D eigenvalue weighted by molar-refractivity contribution is -0.159. The van der Waals surface area contributed by atoms with E-state index in [9.17, 15) is 9.59 Å². The molecule has 0 radical (unpaired) electrons. The predicted molar refractivity (Wildman–Crippen MR) is 75.3 cm³/mol. The minimum atomic E-state index is -1.08. The van der Waals surface area contributed by atoms with Crippen LogP contribution in [0.2, 0.25) is 0 Å². The second kappa shape index (κ2) is 4.62. The fourth-order valence-corrected chi connectivity index (χ4v) is 3.28. The van der Waals surface area contributed by atoms with Gasteiger partial charge in [-0.2, -0.15) is 0 Å². The van der Waals surface area contributed by atoms with Crippen LogP contribution in [0.25, 0.3) is 0 Å². The third-order valence-electron chi connectivity index (χ3n) is 4.33. The van der Waals surface area contributed by atoms with Crippen molar-refractivity contribution in [3.8, 4) is 0 Å². The van der Waals surface area contributed by atoms with Crippen molar-refractivity contribution >= 4 is 17.6 Å². The molecule has 0 saturated carbocycles. The fourth-order valence-electron chi connectivity index (χ4n) is 3.28. The summed E-state index contributed by atoms with van der Waals surface area (Å²) in [6.07, 6.45) is 2.27. The molecule has 1 saturated heterocycles. The predicted octanol–water partition coefficient (Wildman–Crippen LogP) is 2.61. The average molecular weight is 273 g/mol. The Hall–Kier alpha value is -1.84. The summed E-state index contributed by atoms with van der Waals surface area (Å²) in [5, 5.41) is 0. The highest BCUT2D eigenvalue weighted by molar-refractivity contribution is 6.09. The van der Waals surface area contributed by atoms with Crippen LogP contribution in [-0.2, 0) is 19.9 Å². The van der Waals surface area contributed by atoms with E-state index in [2.05, 4.69) is 6.92 Å². The number of anilines is 1. The molecule has 0 aliphatic carbocycles. The average Bonchev–Trinajstić information content (AvgIpc) is 2.86. The number of para-hydroxylation sites is 1. The lowest BCUT2D eigenvalue weighted by Crippen LogP contribution is -2.44. The smallest absolute Gasteiger partial charge is 0.307 e. The molecule has 0 unspecified atom stereocenters. The molecule has 2 aliphatic heterocycles. The summed E-state index contributed by atoms with van der Waals surface area (Å²) in [6, 6.07) is 7.67. The molecule has 1 spiro atoms. The molecule has 20 heavy (non-hydrogen) atoms. The monoisotopic (exact) mass is 273 g/mol. The quantitative estimate of drug-likeness (QED) is 0.795. The topological polar surface area (TPSA) is 46.6 Å². The van der Waals surface area contributed by atoms with E-state index in [-0.39, 0.29) is 17.8 Å². The summed E-state index contributed by atoms with van der Waals surface area (Å²) in [7, 11) is 0. The van der Waals surface area contributed by atoms with Crippen LogP contribution in [0.15, 0.2) is 24.3 Å². The van der Waals surface area contributed by atoms with Crippen molar-refractivity contribution in [1.82, 2.24) is 0 Å². The van der Waals surface area contributed by atoms with Gasteiger partial charge in [0.2, 0.25) is 5.60 Å². The van der Waals surface area contributed by atoms with Gasteiger partial charge in [-0.25, -0.2) is 0 Å². The lowest BCUT2D eigenvalue weighted by Gasteiger charge is -2.26. The summed E-state index contributed by atoms with van der Waals surface area (Å²) in [6.45, 7) is 4.70. The van der Waals surface area contributed by atoms with Crippen LogP contribution in [0.3, 0.4) is 0 Å². The first kappa shape index (κ1) is 13.2. The van der Waals surface area contributed by atoms with Gasteiger partial charge in [-0.15, -0.1) is 0 Å². The number of fused-ring (bicyclic) bond motifs is 2. The van der Waals surface area contributed by atoms with Gasteiger partial charge in [-0.1, -0.05) is 38.5 Å². The highest BCUT2D eigenvalue weighted by Crippen LogP contribution is 2.51. The van der Waals surface area contributed by atoms with Crippen LogP contribution in [0.4, 0.5) is 5.69 Å². The van der Waals surface area contributed by atoms with Crippen molar-refractivity contribution in [2.75, 3.05) is 11.4 Å². The SMILES string of the molecule is CCCCN1C(=O)[C@]2(OC(=O)C[C@H]2C)c2ccccc21. The Bertz CT molecular complexity index is 569. The van der Waals surface area contributed by atoms with Crippen molar-refractivity contribution in [2.45, 2.75) is 38.7 Å². The molecule has 4 nitrogen and oxygen atoms in total. The molecule has 1 fully saturated rings. The van der Waals surface area contributed by atoms with E-state index in [1.165, 1.54) is 0 Å². The van der Waals surface area contributed by atoms with E-state index in [0.717, 1.165) is 24.1 Å². The molecule has 2 atom stereocenters. The molecule has 4 heteroatoms. The molecular formula is C16H19NO3. The molecular weight excluding hydrogens is 254 g/mol. The normalized spacial score (nSPS) is 28.1. The van der Waals surface area contributed by atoms with Crippen LogP contribution < -0.4 is 4.90 Å². The van der Waals surface area contributed by atoms with Gasteiger partial charge in [0.05, 0.1) is 12.1 Å². The Labute approximate surface area is 118 Å². The maximum atomic E-state index is 12.9. The first-order valence-corrected chi connectivity index (χ1v) is 7.24. The van der Waals surface area contributed by atoms with Crippen LogP contribution in [0.5, 0.6) is 0 Å². The minimum Gasteiger partial charge on any atom is -0.444 e. The number of hydrogen-bond acceptors (Lipinski definition) is 3. The van der Waals surface area contributed by atoms with E-state index in [1.807, 2.05) is 31.2 Å². The van der Waals surface area contributed by atoms with Gasteiger partial charge in [0.1, 0.15) is 0 Å².